The monoisotopic (exact) mass is 288 g/mol. The van der Waals surface area contributed by atoms with Gasteiger partial charge in [0.25, 0.3) is 11.8 Å². The van der Waals surface area contributed by atoms with Crippen LogP contribution in [0, 0.1) is 0 Å². The number of pyridine rings is 1. The number of aromatic nitrogens is 2. The summed E-state index contributed by atoms with van der Waals surface area (Å²) in [5, 5.41) is 5.58. The predicted molar refractivity (Wildman–Crippen MR) is 80.4 cm³/mol. The number of carbonyl (C=O) groups excluding carboxylic acids is 2. The zero-order chi connectivity index (χ0) is 15.4. The molecule has 0 spiro atoms. The van der Waals surface area contributed by atoms with Crippen molar-refractivity contribution < 1.29 is 9.59 Å². The zero-order valence-corrected chi connectivity index (χ0v) is 12.5. The van der Waals surface area contributed by atoms with Crippen molar-refractivity contribution in [3.8, 4) is 0 Å². The van der Waals surface area contributed by atoms with E-state index in [-0.39, 0.29) is 29.4 Å². The van der Waals surface area contributed by atoms with Gasteiger partial charge in [-0.3, -0.25) is 14.0 Å². The smallest absolute Gasteiger partial charge is 0.287 e. The molecule has 0 fully saturated rings. The maximum absolute atomic E-state index is 12.2. The van der Waals surface area contributed by atoms with Crippen LogP contribution in [0.15, 0.2) is 24.4 Å². The minimum absolute atomic E-state index is 0.00549. The maximum Gasteiger partial charge on any atom is 0.287 e. The average molecular weight is 288 g/mol. The molecule has 0 saturated heterocycles. The first kappa shape index (κ1) is 15.0. The molecule has 6 nitrogen and oxygen atoms in total. The summed E-state index contributed by atoms with van der Waals surface area (Å²) in [6.45, 7) is 6.32. The number of rotatable bonds is 5. The molecule has 2 heterocycles. The van der Waals surface area contributed by atoms with Gasteiger partial charge in [-0.1, -0.05) is 13.0 Å². The molecule has 0 aromatic carbocycles. The van der Waals surface area contributed by atoms with Crippen molar-refractivity contribution in [2.45, 2.75) is 33.2 Å². The fraction of sp³-hybridized carbons (Fsp3) is 0.400. The Kier molecular flexibility index (Phi) is 4.57. The number of amides is 2. The summed E-state index contributed by atoms with van der Waals surface area (Å²) in [6, 6.07) is 5.40. The largest absolute Gasteiger partial charge is 0.351 e. The first-order valence-corrected chi connectivity index (χ1v) is 7.10. The molecule has 0 atom stereocenters. The molecule has 112 valence electrons. The number of hydrogen-bond acceptors (Lipinski definition) is 3. The zero-order valence-electron chi connectivity index (χ0n) is 12.5. The van der Waals surface area contributed by atoms with Crippen LogP contribution in [0.5, 0.6) is 0 Å². The molecule has 0 aliphatic heterocycles. The molecule has 2 amide bonds. The van der Waals surface area contributed by atoms with Crippen LogP contribution in [0.25, 0.3) is 5.52 Å². The molecule has 0 unspecified atom stereocenters. The lowest BCUT2D eigenvalue weighted by Crippen LogP contribution is -2.31. The third-order valence-corrected chi connectivity index (χ3v) is 2.92. The molecule has 2 rings (SSSR count). The lowest BCUT2D eigenvalue weighted by atomic mass is 10.3. The molecule has 0 aliphatic carbocycles. The fourth-order valence-electron chi connectivity index (χ4n) is 2.01. The highest BCUT2D eigenvalue weighted by atomic mass is 16.2. The Morgan fingerprint density at radius 3 is 2.71 bits per heavy atom. The van der Waals surface area contributed by atoms with Crippen molar-refractivity contribution in [2.75, 3.05) is 6.54 Å². The van der Waals surface area contributed by atoms with E-state index < -0.39 is 0 Å². The molecule has 0 saturated carbocycles. The van der Waals surface area contributed by atoms with Crippen molar-refractivity contribution in [2.24, 2.45) is 0 Å². The summed E-state index contributed by atoms with van der Waals surface area (Å²) in [5.41, 5.74) is 0.901. The Morgan fingerprint density at radius 2 is 2.05 bits per heavy atom. The Morgan fingerprint density at radius 1 is 1.29 bits per heavy atom. The summed E-state index contributed by atoms with van der Waals surface area (Å²) in [4.78, 5) is 28.6. The van der Waals surface area contributed by atoms with Crippen LogP contribution in [0.4, 0.5) is 0 Å². The van der Waals surface area contributed by atoms with Crippen molar-refractivity contribution >= 4 is 17.3 Å². The number of nitrogens with one attached hydrogen (secondary N) is 2. The third-order valence-electron chi connectivity index (χ3n) is 2.92. The highest BCUT2D eigenvalue weighted by Crippen LogP contribution is 2.13. The molecule has 2 aromatic rings. The van der Waals surface area contributed by atoms with Gasteiger partial charge in [-0.15, -0.1) is 0 Å². The lowest BCUT2D eigenvalue weighted by Gasteiger charge is -2.06. The van der Waals surface area contributed by atoms with E-state index in [0.29, 0.717) is 12.1 Å². The van der Waals surface area contributed by atoms with Crippen LogP contribution in [-0.4, -0.2) is 33.8 Å². The first-order valence-electron chi connectivity index (χ1n) is 7.10. The number of carbonyl (C=O) groups is 2. The van der Waals surface area contributed by atoms with Gasteiger partial charge >= 0.3 is 0 Å². The molecule has 0 bridgehead atoms. The van der Waals surface area contributed by atoms with Crippen molar-refractivity contribution in [3.63, 3.8) is 0 Å². The quantitative estimate of drug-likeness (QED) is 0.877. The second-order valence-corrected chi connectivity index (χ2v) is 5.12. The van der Waals surface area contributed by atoms with Crippen LogP contribution >= 0.6 is 0 Å². The van der Waals surface area contributed by atoms with Gasteiger partial charge in [0.05, 0.1) is 5.52 Å². The number of fused-ring (bicyclic) bond motifs is 1. The van der Waals surface area contributed by atoms with Crippen LogP contribution in [-0.2, 0) is 0 Å². The Bertz CT molecular complexity index is 661. The summed E-state index contributed by atoms with van der Waals surface area (Å²) >= 11 is 0. The van der Waals surface area contributed by atoms with E-state index in [0.717, 1.165) is 6.42 Å². The van der Waals surface area contributed by atoms with Crippen molar-refractivity contribution in [1.82, 2.24) is 20.0 Å². The third kappa shape index (κ3) is 3.21. The average Bonchev–Trinajstić information content (AvgIpc) is 2.84. The standard InChI is InChI=1S/C15H20N4O2/c1-4-8-16-14(20)12-11-7-5-6-9-19(11)13(18-12)15(21)17-10(2)3/h5-7,9-10H,4,8H2,1-3H3,(H,16,20)(H,17,21). The minimum Gasteiger partial charge on any atom is -0.351 e. The first-order chi connectivity index (χ1) is 10.0. The fourth-order valence-corrected chi connectivity index (χ4v) is 2.01. The summed E-state index contributed by atoms with van der Waals surface area (Å²) < 4.78 is 1.64. The van der Waals surface area contributed by atoms with Gasteiger partial charge in [0.2, 0.25) is 5.82 Å². The number of nitrogens with zero attached hydrogens (tertiary/aromatic N) is 2. The molecule has 6 heteroatoms. The lowest BCUT2D eigenvalue weighted by molar-refractivity contribution is 0.0932. The molecular weight excluding hydrogens is 268 g/mol. The van der Waals surface area contributed by atoms with E-state index in [1.54, 1.807) is 22.7 Å². The second kappa shape index (κ2) is 6.39. The molecule has 2 aromatic heterocycles. The van der Waals surface area contributed by atoms with E-state index >= 15 is 0 Å². The molecular formula is C15H20N4O2. The number of imidazole rings is 1. The minimum atomic E-state index is -0.291. The SMILES string of the molecule is CCCNC(=O)c1nc(C(=O)NC(C)C)n2ccccc12. The normalized spacial score (nSPS) is 10.9. The predicted octanol–water partition coefficient (Wildman–Crippen LogP) is 1.61. The maximum atomic E-state index is 12.2. The van der Waals surface area contributed by atoms with E-state index in [9.17, 15) is 9.59 Å². The summed E-state index contributed by atoms with van der Waals surface area (Å²) in [7, 11) is 0. The van der Waals surface area contributed by atoms with E-state index in [1.165, 1.54) is 0 Å². The molecule has 0 aliphatic rings. The van der Waals surface area contributed by atoms with Crippen LogP contribution < -0.4 is 10.6 Å². The van der Waals surface area contributed by atoms with Crippen molar-refractivity contribution in [1.29, 1.82) is 0 Å². The Hall–Kier alpha value is -2.37. The van der Waals surface area contributed by atoms with E-state index in [1.807, 2.05) is 26.8 Å². The Labute approximate surface area is 123 Å². The molecule has 21 heavy (non-hydrogen) atoms. The van der Waals surface area contributed by atoms with E-state index in [4.69, 9.17) is 0 Å². The van der Waals surface area contributed by atoms with Gasteiger partial charge in [-0.2, -0.15) is 0 Å². The van der Waals surface area contributed by atoms with Gasteiger partial charge < -0.3 is 10.6 Å². The van der Waals surface area contributed by atoms with Gasteiger partial charge in [-0.25, -0.2) is 4.98 Å². The van der Waals surface area contributed by atoms with Gasteiger partial charge in [0.1, 0.15) is 0 Å². The van der Waals surface area contributed by atoms with Crippen LogP contribution in [0.3, 0.4) is 0 Å². The van der Waals surface area contributed by atoms with Crippen LogP contribution in [0.1, 0.15) is 48.3 Å². The highest BCUT2D eigenvalue weighted by Gasteiger charge is 2.21. The Balaban J connectivity index is 2.43. The summed E-state index contributed by atoms with van der Waals surface area (Å²) in [6.07, 6.45) is 2.58. The topological polar surface area (TPSA) is 75.5 Å². The highest BCUT2D eigenvalue weighted by molar-refractivity contribution is 6.02. The van der Waals surface area contributed by atoms with E-state index in [2.05, 4.69) is 15.6 Å². The summed E-state index contributed by atoms with van der Waals surface area (Å²) in [5.74, 6) is -0.328. The number of hydrogen-bond donors (Lipinski definition) is 2. The van der Waals surface area contributed by atoms with Gasteiger partial charge in [0, 0.05) is 18.8 Å². The second-order valence-electron chi connectivity index (χ2n) is 5.12. The molecule has 0 radical (unpaired) electrons. The molecule has 2 N–H and O–H groups in total. The van der Waals surface area contributed by atoms with Crippen LogP contribution in [0.2, 0.25) is 0 Å². The van der Waals surface area contributed by atoms with Gasteiger partial charge in [-0.05, 0) is 32.4 Å². The van der Waals surface area contributed by atoms with Crippen molar-refractivity contribution in [3.05, 3.63) is 35.9 Å². The van der Waals surface area contributed by atoms with Gasteiger partial charge in [0.15, 0.2) is 5.69 Å².